The van der Waals surface area contributed by atoms with Crippen LogP contribution in [0.25, 0.3) is 5.70 Å². The molecule has 33 heavy (non-hydrogen) atoms. The van der Waals surface area contributed by atoms with Crippen LogP contribution < -0.4 is 16.0 Å². The van der Waals surface area contributed by atoms with Crippen LogP contribution in [0.1, 0.15) is 25.0 Å². The van der Waals surface area contributed by atoms with Gasteiger partial charge < -0.3 is 16.0 Å². The number of hydrogen-bond acceptors (Lipinski definition) is 4. The van der Waals surface area contributed by atoms with E-state index in [0.717, 1.165) is 34.9 Å². The fourth-order valence-corrected chi connectivity index (χ4v) is 3.94. The smallest absolute Gasteiger partial charge is 0.340 e. The number of nitrogens with zero attached hydrogens (tertiary/aromatic N) is 2. The quantitative estimate of drug-likeness (QED) is 0.598. The molecule has 3 N–H and O–H groups in total. The van der Waals surface area contributed by atoms with Crippen LogP contribution in [-0.2, 0) is 17.5 Å². The third-order valence-corrected chi connectivity index (χ3v) is 5.70. The zero-order valence-electron chi connectivity index (χ0n) is 18.2. The van der Waals surface area contributed by atoms with E-state index in [0.29, 0.717) is 12.1 Å². The van der Waals surface area contributed by atoms with Crippen LogP contribution in [0.3, 0.4) is 0 Å². The fraction of sp³-hybridized carbons (Fsp3) is 0.250. The molecule has 0 saturated heterocycles. The average Bonchev–Trinajstić information content (AvgIpc) is 3.15. The summed E-state index contributed by atoms with van der Waals surface area (Å²) in [6, 6.07) is 4.47. The zero-order valence-corrected chi connectivity index (χ0v) is 18.2. The van der Waals surface area contributed by atoms with E-state index in [4.69, 9.17) is 0 Å². The van der Waals surface area contributed by atoms with Crippen LogP contribution in [0.2, 0.25) is 0 Å². The molecule has 1 aromatic carbocycles. The summed E-state index contributed by atoms with van der Waals surface area (Å²) in [6.07, 6.45) is 4.63. The van der Waals surface area contributed by atoms with Crippen LogP contribution in [0.5, 0.6) is 0 Å². The van der Waals surface area contributed by atoms with E-state index >= 15 is 0 Å². The van der Waals surface area contributed by atoms with Gasteiger partial charge >= 0.3 is 6.18 Å². The summed E-state index contributed by atoms with van der Waals surface area (Å²) in [5, 5.41) is 13.6. The molecule has 2 atom stereocenters. The predicted octanol–water partition coefficient (Wildman–Crippen LogP) is 4.93. The Balaban J connectivity index is 1.42. The number of rotatable bonds is 5. The standard InChI is InChI=1S/C24H24F3N5O/c1-14-10-15(2)32-22(30-14)17(13-29-32)12-28-21-9-5-8-20(16(21)3)23(33)31-19-7-4-6-18(11-19)24(25,26)27/h4-11,13,16,21,28,30H,1,12H2,2-3H3,(H,31,33). The average molecular weight is 455 g/mol. The molecule has 2 aliphatic rings. The van der Waals surface area contributed by atoms with Crippen LogP contribution in [0, 0.1) is 5.92 Å². The molecule has 9 heteroatoms. The second-order valence-corrected chi connectivity index (χ2v) is 8.10. The summed E-state index contributed by atoms with van der Waals surface area (Å²) in [5.41, 5.74) is 2.47. The van der Waals surface area contributed by atoms with E-state index in [1.54, 1.807) is 23.0 Å². The van der Waals surface area contributed by atoms with Gasteiger partial charge in [0, 0.05) is 46.7 Å². The van der Waals surface area contributed by atoms with Crippen molar-refractivity contribution in [2.24, 2.45) is 5.92 Å². The van der Waals surface area contributed by atoms with E-state index in [9.17, 15) is 18.0 Å². The topological polar surface area (TPSA) is 71.0 Å². The summed E-state index contributed by atoms with van der Waals surface area (Å²) >= 11 is 0. The molecule has 172 valence electrons. The number of aromatic nitrogens is 2. The van der Waals surface area contributed by atoms with Gasteiger partial charge in [-0.1, -0.05) is 37.8 Å². The maximum Gasteiger partial charge on any atom is 0.416 e. The number of anilines is 2. The third kappa shape index (κ3) is 4.78. The van der Waals surface area contributed by atoms with Gasteiger partial charge in [-0.25, -0.2) is 4.68 Å². The molecule has 1 aliphatic carbocycles. The van der Waals surface area contributed by atoms with Crippen LogP contribution in [0.4, 0.5) is 24.7 Å². The first-order valence-electron chi connectivity index (χ1n) is 10.5. The SMILES string of the molecule is C=C1C=C(C)n2ncc(CNC3C=CC=C(C(=O)Nc4cccc(C(F)(F)F)c4)C3C)c2N1. The van der Waals surface area contributed by atoms with Crippen molar-refractivity contribution in [1.82, 2.24) is 15.1 Å². The number of fused-ring (bicyclic) bond motifs is 1. The van der Waals surface area contributed by atoms with Crippen molar-refractivity contribution in [2.75, 3.05) is 10.6 Å². The first kappa shape index (κ1) is 22.6. The van der Waals surface area contributed by atoms with Gasteiger partial charge in [0.15, 0.2) is 0 Å². The molecular weight excluding hydrogens is 431 g/mol. The van der Waals surface area contributed by atoms with Crippen molar-refractivity contribution in [3.05, 3.63) is 83.7 Å². The molecule has 0 fully saturated rings. The largest absolute Gasteiger partial charge is 0.416 e. The van der Waals surface area contributed by atoms with Crippen LogP contribution >= 0.6 is 0 Å². The van der Waals surface area contributed by atoms with Crippen molar-refractivity contribution >= 4 is 23.1 Å². The lowest BCUT2D eigenvalue weighted by molar-refractivity contribution is -0.137. The van der Waals surface area contributed by atoms with Crippen molar-refractivity contribution in [1.29, 1.82) is 0 Å². The molecule has 0 bridgehead atoms. The highest BCUT2D eigenvalue weighted by Crippen LogP contribution is 2.31. The van der Waals surface area contributed by atoms with Gasteiger partial charge in [-0.15, -0.1) is 0 Å². The van der Waals surface area contributed by atoms with Crippen molar-refractivity contribution in [3.8, 4) is 0 Å². The second-order valence-electron chi connectivity index (χ2n) is 8.10. The number of hydrogen-bond donors (Lipinski definition) is 3. The van der Waals surface area contributed by atoms with Crippen molar-refractivity contribution < 1.29 is 18.0 Å². The Bertz CT molecular complexity index is 1190. The monoisotopic (exact) mass is 455 g/mol. The molecule has 2 unspecified atom stereocenters. The number of alkyl halides is 3. The Hall–Kier alpha value is -3.59. The first-order chi connectivity index (χ1) is 15.6. The molecule has 6 nitrogen and oxygen atoms in total. The minimum atomic E-state index is -4.47. The van der Waals surface area contributed by atoms with Crippen molar-refractivity contribution in [3.63, 3.8) is 0 Å². The van der Waals surface area contributed by atoms with Gasteiger partial charge in [-0.05, 0) is 31.2 Å². The number of allylic oxidation sites excluding steroid dienone is 4. The van der Waals surface area contributed by atoms with Crippen molar-refractivity contribution in [2.45, 2.75) is 32.6 Å². The van der Waals surface area contributed by atoms with Gasteiger partial charge in [-0.3, -0.25) is 4.79 Å². The Morgan fingerprint density at radius 3 is 2.88 bits per heavy atom. The molecular formula is C24H24F3N5O. The molecule has 1 amide bonds. The normalized spacial score (nSPS) is 20.0. The Labute approximate surface area is 189 Å². The highest BCUT2D eigenvalue weighted by atomic mass is 19.4. The number of halogens is 3. The first-order valence-corrected chi connectivity index (χ1v) is 10.5. The van der Waals surface area contributed by atoms with Gasteiger partial charge in [0.05, 0.1) is 11.8 Å². The fourth-order valence-electron chi connectivity index (χ4n) is 3.94. The number of benzene rings is 1. The maximum absolute atomic E-state index is 13.0. The minimum absolute atomic E-state index is 0.100. The third-order valence-electron chi connectivity index (χ3n) is 5.70. The molecule has 0 radical (unpaired) electrons. The predicted molar refractivity (Wildman–Crippen MR) is 122 cm³/mol. The number of carbonyl (C=O) groups is 1. The van der Waals surface area contributed by atoms with E-state index in [1.807, 2.05) is 26.0 Å². The number of amides is 1. The zero-order chi connectivity index (χ0) is 23.8. The van der Waals surface area contributed by atoms with Gasteiger partial charge in [0.2, 0.25) is 0 Å². The van der Waals surface area contributed by atoms with Crippen LogP contribution in [-0.4, -0.2) is 21.7 Å². The number of carbonyl (C=O) groups excluding carboxylic acids is 1. The van der Waals surface area contributed by atoms with E-state index in [2.05, 4.69) is 27.6 Å². The lowest BCUT2D eigenvalue weighted by Crippen LogP contribution is -2.37. The van der Waals surface area contributed by atoms with Crippen LogP contribution in [0.15, 0.2) is 72.6 Å². The molecule has 0 spiro atoms. The number of nitrogens with one attached hydrogen (secondary N) is 3. The molecule has 1 aromatic heterocycles. The summed E-state index contributed by atoms with van der Waals surface area (Å²) in [5.74, 6) is 0.217. The Morgan fingerprint density at radius 2 is 2.12 bits per heavy atom. The van der Waals surface area contributed by atoms with Gasteiger partial charge in [0.25, 0.3) is 5.91 Å². The summed E-state index contributed by atoms with van der Waals surface area (Å²) in [6.45, 7) is 8.31. The lowest BCUT2D eigenvalue weighted by Gasteiger charge is -2.27. The molecule has 1 aliphatic heterocycles. The molecule has 2 heterocycles. The van der Waals surface area contributed by atoms with E-state index < -0.39 is 17.6 Å². The summed E-state index contributed by atoms with van der Waals surface area (Å²) < 4.78 is 40.7. The Morgan fingerprint density at radius 1 is 1.33 bits per heavy atom. The lowest BCUT2D eigenvalue weighted by atomic mass is 9.88. The minimum Gasteiger partial charge on any atom is -0.340 e. The van der Waals surface area contributed by atoms with Gasteiger partial charge in [-0.2, -0.15) is 18.3 Å². The second kappa shape index (κ2) is 8.74. The van der Waals surface area contributed by atoms with E-state index in [1.165, 1.54) is 12.1 Å². The highest BCUT2D eigenvalue weighted by molar-refractivity contribution is 6.04. The molecule has 2 aromatic rings. The highest BCUT2D eigenvalue weighted by Gasteiger charge is 2.31. The maximum atomic E-state index is 13.0. The van der Waals surface area contributed by atoms with E-state index in [-0.39, 0.29) is 17.6 Å². The molecule has 0 saturated carbocycles. The summed E-state index contributed by atoms with van der Waals surface area (Å²) in [4.78, 5) is 12.8. The molecule has 4 rings (SSSR count). The van der Waals surface area contributed by atoms with Gasteiger partial charge in [0.1, 0.15) is 5.82 Å². The summed E-state index contributed by atoms with van der Waals surface area (Å²) in [7, 11) is 0. The Kier molecular flexibility index (Phi) is 5.99.